The van der Waals surface area contributed by atoms with Crippen LogP contribution >= 0.6 is 11.6 Å². The zero-order chi connectivity index (χ0) is 24.9. The topological polar surface area (TPSA) is 86.0 Å². The Morgan fingerprint density at radius 2 is 1.83 bits per heavy atom. The molecule has 0 saturated carbocycles. The van der Waals surface area contributed by atoms with Gasteiger partial charge in [0.05, 0.1) is 5.71 Å². The summed E-state index contributed by atoms with van der Waals surface area (Å²) in [4.78, 5) is 17.0. The van der Waals surface area contributed by atoms with Crippen LogP contribution in [0.3, 0.4) is 0 Å². The summed E-state index contributed by atoms with van der Waals surface area (Å²) < 4.78 is 0. The van der Waals surface area contributed by atoms with Gasteiger partial charge < -0.3 is 15.2 Å². The third-order valence-electron chi connectivity index (χ3n) is 6.93. The highest BCUT2D eigenvalue weighted by atomic mass is 35.5. The highest BCUT2D eigenvalue weighted by molar-refractivity contribution is 6.30. The first-order chi connectivity index (χ1) is 16.9. The lowest BCUT2D eigenvalue weighted by atomic mass is 9.82. The molecule has 0 aliphatic carbocycles. The number of piperidine rings is 1. The molecule has 1 unspecified atom stereocenters. The molecule has 1 aliphatic rings. The van der Waals surface area contributed by atoms with Crippen molar-refractivity contribution in [3.63, 3.8) is 0 Å². The Bertz CT molecular complexity index is 1220. The third-order valence-corrected chi connectivity index (χ3v) is 7.17. The molecule has 3 aromatic rings. The molecule has 6 nitrogen and oxygen atoms in total. The highest BCUT2D eigenvalue weighted by Gasteiger charge is 2.25. The molecule has 1 saturated heterocycles. The van der Waals surface area contributed by atoms with Crippen LogP contribution in [0, 0.1) is 13.8 Å². The van der Waals surface area contributed by atoms with Crippen LogP contribution in [0.1, 0.15) is 64.6 Å². The Labute approximate surface area is 210 Å². The van der Waals surface area contributed by atoms with Crippen molar-refractivity contribution in [1.82, 2.24) is 9.88 Å². The van der Waals surface area contributed by atoms with Gasteiger partial charge in [-0.3, -0.25) is 4.98 Å². The fourth-order valence-corrected chi connectivity index (χ4v) is 5.20. The van der Waals surface area contributed by atoms with Crippen LogP contribution < -0.4 is 0 Å². The Kier molecular flexibility index (Phi) is 7.71. The average molecular weight is 492 g/mol. The molecule has 4 rings (SSSR count). The van der Waals surface area contributed by atoms with Gasteiger partial charge in [0.15, 0.2) is 0 Å². The van der Waals surface area contributed by atoms with E-state index in [0.29, 0.717) is 36.2 Å². The lowest BCUT2D eigenvalue weighted by Gasteiger charge is -2.30. The van der Waals surface area contributed by atoms with Crippen LogP contribution in [0.25, 0.3) is 0 Å². The summed E-state index contributed by atoms with van der Waals surface area (Å²) in [5.74, 6) is 0.319. The summed E-state index contributed by atoms with van der Waals surface area (Å²) in [6.45, 7) is 5.09. The summed E-state index contributed by atoms with van der Waals surface area (Å²) in [5.41, 5.74) is 6.86. The number of aromatic nitrogens is 1. The minimum atomic E-state index is -0.842. The van der Waals surface area contributed by atoms with Crippen molar-refractivity contribution in [3.8, 4) is 0 Å². The van der Waals surface area contributed by atoms with E-state index in [4.69, 9.17) is 11.6 Å². The molecule has 0 spiro atoms. The van der Waals surface area contributed by atoms with E-state index in [2.05, 4.69) is 34.4 Å². The number of rotatable bonds is 6. The third kappa shape index (κ3) is 5.82. The first-order valence-electron chi connectivity index (χ1n) is 11.8. The van der Waals surface area contributed by atoms with Crippen LogP contribution in [-0.4, -0.2) is 45.1 Å². The lowest BCUT2D eigenvalue weighted by Crippen LogP contribution is -2.36. The Hall–Kier alpha value is -3.38. The number of amides is 1. The predicted molar refractivity (Wildman–Crippen MR) is 138 cm³/mol. The number of aryl methyl sites for hydroxylation is 2. The van der Waals surface area contributed by atoms with Gasteiger partial charge in [0.25, 0.3) is 0 Å². The second-order valence-electron chi connectivity index (χ2n) is 9.20. The normalized spacial score (nSPS) is 15.7. The maximum absolute atomic E-state index is 11.2. The monoisotopic (exact) mass is 491 g/mol. The van der Waals surface area contributed by atoms with Gasteiger partial charge in [0.1, 0.15) is 0 Å². The van der Waals surface area contributed by atoms with Gasteiger partial charge in [-0.25, -0.2) is 4.79 Å². The van der Waals surface area contributed by atoms with Crippen molar-refractivity contribution >= 4 is 23.4 Å². The standard InChI is InChI=1S/C28H30ClN3O3/c1-18-15-24(29)7-8-25(18)26(17-27(31-35)23-9-12-30-19(2)16-23)22-5-3-20(4-6-22)21-10-13-32(14-11-21)28(33)34/h3-9,12,15-16,21,26,35H,10-11,13-14,17H2,1-2H3,(H,33,34). The predicted octanol–water partition coefficient (Wildman–Crippen LogP) is 6.61. The van der Waals surface area contributed by atoms with Crippen molar-refractivity contribution in [3.05, 3.63) is 99.3 Å². The number of hydrogen-bond donors (Lipinski definition) is 2. The van der Waals surface area contributed by atoms with E-state index in [1.54, 1.807) is 6.20 Å². The molecule has 1 atom stereocenters. The Balaban J connectivity index is 1.63. The molecule has 0 radical (unpaired) electrons. The van der Waals surface area contributed by atoms with Crippen molar-refractivity contribution in [2.45, 2.75) is 44.9 Å². The minimum absolute atomic E-state index is 0.0328. The Morgan fingerprint density at radius 1 is 1.11 bits per heavy atom. The van der Waals surface area contributed by atoms with Gasteiger partial charge in [0.2, 0.25) is 0 Å². The zero-order valence-corrected chi connectivity index (χ0v) is 20.7. The van der Waals surface area contributed by atoms with E-state index in [9.17, 15) is 15.1 Å². The van der Waals surface area contributed by atoms with E-state index < -0.39 is 6.09 Å². The van der Waals surface area contributed by atoms with E-state index in [0.717, 1.165) is 40.8 Å². The number of benzene rings is 2. The first kappa shape index (κ1) is 24.7. The number of halogens is 1. The smallest absolute Gasteiger partial charge is 0.407 e. The second-order valence-corrected chi connectivity index (χ2v) is 9.64. The van der Waals surface area contributed by atoms with Gasteiger partial charge in [-0.1, -0.05) is 47.1 Å². The average Bonchev–Trinajstić information content (AvgIpc) is 2.86. The first-order valence-corrected chi connectivity index (χ1v) is 12.2. The Morgan fingerprint density at radius 3 is 2.43 bits per heavy atom. The van der Waals surface area contributed by atoms with Gasteiger partial charge in [-0.15, -0.1) is 0 Å². The fourth-order valence-electron chi connectivity index (χ4n) is 4.98. The molecule has 2 N–H and O–H groups in total. The molecule has 1 amide bonds. The summed E-state index contributed by atoms with van der Waals surface area (Å²) >= 11 is 6.24. The summed E-state index contributed by atoms with van der Waals surface area (Å²) in [6, 6.07) is 18.3. The van der Waals surface area contributed by atoms with E-state index >= 15 is 0 Å². The molecular weight excluding hydrogens is 462 g/mol. The number of pyridine rings is 1. The molecule has 0 bridgehead atoms. The summed E-state index contributed by atoms with van der Waals surface area (Å²) in [6.07, 6.45) is 3.05. The molecule has 182 valence electrons. The number of carbonyl (C=O) groups is 1. The highest BCUT2D eigenvalue weighted by Crippen LogP contribution is 2.35. The largest absolute Gasteiger partial charge is 0.465 e. The molecular formula is C28H30ClN3O3. The second kappa shape index (κ2) is 10.9. The zero-order valence-electron chi connectivity index (χ0n) is 20.0. The number of nitrogens with zero attached hydrogens (tertiary/aromatic N) is 3. The molecule has 7 heteroatoms. The maximum Gasteiger partial charge on any atom is 0.407 e. The number of likely N-dealkylation sites (tertiary alicyclic amines) is 1. The van der Waals surface area contributed by atoms with Gasteiger partial charge in [-0.05, 0) is 79.1 Å². The fraction of sp³-hybridized carbons (Fsp3) is 0.321. The van der Waals surface area contributed by atoms with Gasteiger partial charge >= 0.3 is 6.09 Å². The summed E-state index contributed by atoms with van der Waals surface area (Å²) in [5, 5.41) is 23.5. The van der Waals surface area contributed by atoms with Crippen LogP contribution in [0.2, 0.25) is 5.02 Å². The SMILES string of the molecule is Cc1cc(C(CC(c2ccc(C3CCN(C(=O)O)CC3)cc2)c2ccc(Cl)cc2C)=NO)ccn1. The molecule has 1 aliphatic heterocycles. The van der Waals surface area contributed by atoms with E-state index in [1.165, 1.54) is 10.5 Å². The molecule has 2 heterocycles. The molecule has 2 aromatic carbocycles. The maximum atomic E-state index is 11.2. The number of hydrogen-bond acceptors (Lipinski definition) is 4. The van der Waals surface area contributed by atoms with Crippen LogP contribution in [0.15, 0.2) is 65.9 Å². The number of carboxylic acid groups (broad SMARTS) is 1. The van der Waals surface area contributed by atoms with Crippen molar-refractivity contribution in [2.75, 3.05) is 13.1 Å². The van der Waals surface area contributed by atoms with E-state index in [1.807, 2.05) is 44.2 Å². The van der Waals surface area contributed by atoms with Crippen molar-refractivity contribution < 1.29 is 15.1 Å². The van der Waals surface area contributed by atoms with Gasteiger partial charge in [-0.2, -0.15) is 0 Å². The minimum Gasteiger partial charge on any atom is -0.465 e. The van der Waals surface area contributed by atoms with Crippen molar-refractivity contribution in [2.24, 2.45) is 5.16 Å². The van der Waals surface area contributed by atoms with Crippen LogP contribution in [0.4, 0.5) is 4.79 Å². The van der Waals surface area contributed by atoms with E-state index in [-0.39, 0.29) is 5.92 Å². The van der Waals surface area contributed by atoms with Crippen LogP contribution in [0.5, 0.6) is 0 Å². The van der Waals surface area contributed by atoms with Crippen LogP contribution in [-0.2, 0) is 0 Å². The number of oxime groups is 1. The molecule has 1 fully saturated rings. The van der Waals surface area contributed by atoms with Crippen molar-refractivity contribution in [1.29, 1.82) is 0 Å². The summed E-state index contributed by atoms with van der Waals surface area (Å²) in [7, 11) is 0. The quantitative estimate of drug-likeness (QED) is 0.231. The molecule has 35 heavy (non-hydrogen) atoms. The molecule has 1 aromatic heterocycles. The lowest BCUT2D eigenvalue weighted by molar-refractivity contribution is 0.132. The van der Waals surface area contributed by atoms with Gasteiger partial charge in [0, 0.05) is 47.9 Å².